The summed E-state index contributed by atoms with van der Waals surface area (Å²) in [5, 5.41) is 5.24. The first-order valence-corrected chi connectivity index (χ1v) is 8.61. The molecule has 0 spiro atoms. The topological polar surface area (TPSA) is 87.7 Å². The summed E-state index contributed by atoms with van der Waals surface area (Å²) >= 11 is 0. The van der Waals surface area contributed by atoms with Crippen molar-refractivity contribution in [3.8, 4) is 5.75 Å². The highest BCUT2D eigenvalue weighted by atomic mass is 16.5. The van der Waals surface area contributed by atoms with Crippen LogP contribution in [0.3, 0.4) is 0 Å². The Labute approximate surface area is 146 Å². The molecule has 1 aromatic rings. The van der Waals surface area contributed by atoms with Gasteiger partial charge in [0.05, 0.1) is 19.6 Å². The summed E-state index contributed by atoms with van der Waals surface area (Å²) in [5.74, 6) is 0.302. The van der Waals surface area contributed by atoms with Crippen LogP contribution in [-0.2, 0) is 27.2 Å². The monoisotopic (exact) mass is 345 g/mol. The lowest BCUT2D eigenvalue weighted by atomic mass is 10.1. The van der Waals surface area contributed by atoms with Gasteiger partial charge in [0.1, 0.15) is 11.8 Å². The van der Waals surface area contributed by atoms with Crippen LogP contribution in [0.2, 0.25) is 0 Å². The molecule has 3 amide bonds. The fraction of sp³-hybridized carbons (Fsp3) is 0.500. The highest BCUT2D eigenvalue weighted by Gasteiger charge is 2.33. The summed E-state index contributed by atoms with van der Waals surface area (Å²) in [6, 6.07) is 5.31. The van der Waals surface area contributed by atoms with Crippen molar-refractivity contribution >= 4 is 17.7 Å². The second-order valence-corrected chi connectivity index (χ2v) is 6.35. The van der Waals surface area contributed by atoms with Gasteiger partial charge in [-0.2, -0.15) is 0 Å². The highest BCUT2D eigenvalue weighted by molar-refractivity contribution is 5.90. The van der Waals surface area contributed by atoms with Gasteiger partial charge in [-0.1, -0.05) is 12.1 Å². The third-order valence-electron chi connectivity index (χ3n) is 4.68. The summed E-state index contributed by atoms with van der Waals surface area (Å²) in [6.45, 7) is 1.15. The predicted octanol–water partition coefficient (Wildman–Crippen LogP) is 0.0172. The van der Waals surface area contributed by atoms with Crippen LogP contribution >= 0.6 is 0 Å². The van der Waals surface area contributed by atoms with Crippen molar-refractivity contribution in [3.63, 3.8) is 0 Å². The van der Waals surface area contributed by atoms with E-state index in [2.05, 4.69) is 10.6 Å². The molecule has 0 aliphatic carbocycles. The average Bonchev–Trinajstić information content (AvgIpc) is 3.27. The molecule has 7 nitrogen and oxygen atoms in total. The second kappa shape index (κ2) is 7.55. The molecule has 1 aromatic carbocycles. The van der Waals surface area contributed by atoms with Crippen molar-refractivity contribution in [1.82, 2.24) is 15.5 Å². The van der Waals surface area contributed by atoms with Crippen LogP contribution in [0.15, 0.2) is 18.2 Å². The van der Waals surface area contributed by atoms with Crippen molar-refractivity contribution in [2.24, 2.45) is 0 Å². The van der Waals surface area contributed by atoms with Gasteiger partial charge in [0, 0.05) is 20.0 Å². The Bertz CT molecular complexity index is 689. The molecule has 134 valence electrons. The molecule has 2 N–H and O–H groups in total. The van der Waals surface area contributed by atoms with Crippen molar-refractivity contribution in [2.75, 3.05) is 26.7 Å². The number of hydrogen-bond donors (Lipinski definition) is 2. The van der Waals surface area contributed by atoms with E-state index in [1.54, 1.807) is 11.9 Å². The number of carbonyl (C=O) groups is 3. The number of rotatable bonds is 5. The largest absolute Gasteiger partial charge is 0.493 e. The lowest BCUT2D eigenvalue weighted by Gasteiger charge is -2.23. The predicted molar refractivity (Wildman–Crippen MR) is 91.2 cm³/mol. The van der Waals surface area contributed by atoms with Crippen LogP contribution in [-0.4, -0.2) is 55.4 Å². The van der Waals surface area contributed by atoms with Crippen molar-refractivity contribution < 1.29 is 19.1 Å². The molecule has 1 saturated heterocycles. The molecule has 2 heterocycles. The number of fused-ring (bicyclic) bond motifs is 1. The van der Waals surface area contributed by atoms with Crippen molar-refractivity contribution in [3.05, 3.63) is 29.3 Å². The Hall–Kier alpha value is -2.57. The molecule has 2 aliphatic heterocycles. The van der Waals surface area contributed by atoms with Gasteiger partial charge in [0.2, 0.25) is 17.7 Å². The number of likely N-dealkylation sites (N-methyl/N-ethyl adjacent to an activating group) is 1. The number of nitrogens with zero attached hydrogens (tertiary/aromatic N) is 1. The minimum Gasteiger partial charge on any atom is -0.493 e. The summed E-state index contributed by atoms with van der Waals surface area (Å²) < 4.78 is 5.45. The van der Waals surface area contributed by atoms with E-state index in [-0.39, 0.29) is 30.7 Å². The number of benzene rings is 1. The van der Waals surface area contributed by atoms with E-state index >= 15 is 0 Å². The summed E-state index contributed by atoms with van der Waals surface area (Å²) in [6.07, 6.45) is 2.55. The fourth-order valence-corrected chi connectivity index (χ4v) is 3.38. The second-order valence-electron chi connectivity index (χ2n) is 6.35. The standard InChI is InChI=1S/C18H23N3O4/c1-19-18(24)14-3-2-7-21(14)17(23)11-20-16(22)10-12-4-5-15-13(9-12)6-8-25-15/h4-5,9,14H,2-3,6-8,10-11H2,1H3,(H,19,24)(H,20,22)/t14-/m1/s1. The van der Waals surface area contributed by atoms with E-state index in [1.165, 1.54) is 0 Å². The summed E-state index contributed by atoms with van der Waals surface area (Å²) in [4.78, 5) is 37.8. The van der Waals surface area contributed by atoms with E-state index in [4.69, 9.17) is 4.74 Å². The molecule has 0 saturated carbocycles. The minimum atomic E-state index is -0.425. The molecule has 2 aliphatic rings. The molecule has 25 heavy (non-hydrogen) atoms. The zero-order valence-corrected chi connectivity index (χ0v) is 14.3. The molecule has 0 radical (unpaired) electrons. The Morgan fingerprint density at radius 1 is 1.32 bits per heavy atom. The maximum absolute atomic E-state index is 12.3. The van der Waals surface area contributed by atoms with Crippen LogP contribution in [0.5, 0.6) is 5.75 Å². The Morgan fingerprint density at radius 2 is 2.16 bits per heavy atom. The lowest BCUT2D eigenvalue weighted by Crippen LogP contribution is -2.48. The third kappa shape index (κ3) is 3.92. The highest BCUT2D eigenvalue weighted by Crippen LogP contribution is 2.26. The molecule has 0 unspecified atom stereocenters. The smallest absolute Gasteiger partial charge is 0.242 e. The average molecular weight is 345 g/mol. The van der Waals surface area contributed by atoms with Gasteiger partial charge in [-0.05, 0) is 30.0 Å². The molecule has 3 rings (SSSR count). The van der Waals surface area contributed by atoms with Crippen LogP contribution < -0.4 is 15.4 Å². The number of hydrogen-bond acceptors (Lipinski definition) is 4. The third-order valence-corrected chi connectivity index (χ3v) is 4.68. The van der Waals surface area contributed by atoms with Gasteiger partial charge in [0.15, 0.2) is 0 Å². The number of likely N-dealkylation sites (tertiary alicyclic amines) is 1. The maximum Gasteiger partial charge on any atom is 0.242 e. The van der Waals surface area contributed by atoms with Crippen molar-refractivity contribution in [1.29, 1.82) is 0 Å². The van der Waals surface area contributed by atoms with E-state index in [1.807, 2.05) is 18.2 Å². The van der Waals surface area contributed by atoms with E-state index in [0.717, 1.165) is 29.7 Å². The normalized spacial score (nSPS) is 18.4. The minimum absolute atomic E-state index is 0.0830. The number of nitrogens with one attached hydrogen (secondary N) is 2. The maximum atomic E-state index is 12.3. The summed E-state index contributed by atoms with van der Waals surface area (Å²) in [7, 11) is 1.56. The molecule has 1 fully saturated rings. The first-order valence-electron chi connectivity index (χ1n) is 8.61. The molecule has 0 aromatic heterocycles. The van der Waals surface area contributed by atoms with Gasteiger partial charge >= 0.3 is 0 Å². The van der Waals surface area contributed by atoms with E-state index in [9.17, 15) is 14.4 Å². The Kier molecular flexibility index (Phi) is 5.21. The molecule has 7 heteroatoms. The van der Waals surface area contributed by atoms with E-state index < -0.39 is 6.04 Å². The zero-order chi connectivity index (χ0) is 17.8. The van der Waals surface area contributed by atoms with Gasteiger partial charge < -0.3 is 20.3 Å². The van der Waals surface area contributed by atoms with Gasteiger partial charge in [0.25, 0.3) is 0 Å². The number of amides is 3. The SMILES string of the molecule is CNC(=O)[C@H]1CCCN1C(=O)CNC(=O)Cc1ccc2c(c1)CCO2. The molecule has 0 bridgehead atoms. The number of ether oxygens (including phenoxy) is 1. The fourth-order valence-electron chi connectivity index (χ4n) is 3.38. The molecular formula is C18H23N3O4. The first kappa shape index (κ1) is 17.3. The zero-order valence-electron chi connectivity index (χ0n) is 14.3. The van der Waals surface area contributed by atoms with Crippen LogP contribution in [0.25, 0.3) is 0 Å². The lowest BCUT2D eigenvalue weighted by molar-refractivity contribution is -0.138. The van der Waals surface area contributed by atoms with Gasteiger partial charge in [-0.3, -0.25) is 14.4 Å². The van der Waals surface area contributed by atoms with Crippen LogP contribution in [0, 0.1) is 0 Å². The van der Waals surface area contributed by atoms with Crippen LogP contribution in [0.1, 0.15) is 24.0 Å². The van der Waals surface area contributed by atoms with Crippen molar-refractivity contribution in [2.45, 2.75) is 31.7 Å². The Morgan fingerprint density at radius 3 is 2.96 bits per heavy atom. The first-order chi connectivity index (χ1) is 12.1. The number of carbonyl (C=O) groups excluding carboxylic acids is 3. The molecular weight excluding hydrogens is 322 g/mol. The molecule has 1 atom stereocenters. The van der Waals surface area contributed by atoms with E-state index in [0.29, 0.717) is 19.6 Å². The van der Waals surface area contributed by atoms with Gasteiger partial charge in [-0.15, -0.1) is 0 Å². The quantitative estimate of drug-likeness (QED) is 0.787. The Balaban J connectivity index is 1.50. The summed E-state index contributed by atoms with van der Waals surface area (Å²) in [5.41, 5.74) is 2.02. The van der Waals surface area contributed by atoms with Gasteiger partial charge in [-0.25, -0.2) is 0 Å². The van der Waals surface area contributed by atoms with Crippen LogP contribution in [0.4, 0.5) is 0 Å².